The molecule has 1 spiro atoms. The van der Waals surface area contributed by atoms with Crippen LogP contribution in [0.3, 0.4) is 0 Å². The number of nitrogens with zero attached hydrogens (tertiary/aromatic N) is 2. The molecule has 0 atom stereocenters. The van der Waals surface area contributed by atoms with E-state index < -0.39 is 13.4 Å². The molecule has 0 unspecified atom stereocenters. The molecule has 0 fully saturated rings. The minimum atomic E-state index is -5.07. The van der Waals surface area contributed by atoms with Crippen LogP contribution in [0.2, 0.25) is 0 Å². The van der Waals surface area contributed by atoms with Crippen molar-refractivity contribution in [1.82, 2.24) is 4.78 Å². The quantitative estimate of drug-likeness (QED) is 0.263. The van der Waals surface area contributed by atoms with E-state index in [1.165, 1.54) is 4.78 Å². The van der Waals surface area contributed by atoms with Crippen LogP contribution in [0.4, 0.5) is 0 Å². The van der Waals surface area contributed by atoms with Crippen LogP contribution in [0.5, 0.6) is 11.5 Å². The van der Waals surface area contributed by atoms with E-state index in [0.29, 0.717) is 16.8 Å². The number of hydrogen-bond donors (Lipinski definition) is 0. The van der Waals surface area contributed by atoms with Gasteiger partial charge in [0.1, 0.15) is 0 Å². The average molecular weight is 651 g/mol. The molecule has 242 valence electrons. The van der Waals surface area contributed by atoms with Crippen LogP contribution in [-0.4, -0.2) is 22.9 Å². The molecule has 3 aromatic carbocycles. The molecule has 0 radical (unpaired) electrons. The first-order valence-corrected chi connectivity index (χ1v) is 18.4. The van der Waals surface area contributed by atoms with Crippen molar-refractivity contribution < 1.29 is 23.1 Å². The summed E-state index contributed by atoms with van der Waals surface area (Å²) in [7, 11) is -5.07. The van der Waals surface area contributed by atoms with Crippen molar-refractivity contribution in [2.75, 3.05) is 0 Å². The van der Waals surface area contributed by atoms with Gasteiger partial charge in [0.2, 0.25) is 0 Å². The second kappa shape index (κ2) is 11.2. The van der Waals surface area contributed by atoms with Gasteiger partial charge in [-0.2, -0.15) is 0 Å². The van der Waals surface area contributed by atoms with Crippen molar-refractivity contribution >= 4 is 36.5 Å². The zero-order valence-corrected chi connectivity index (χ0v) is 30.4. The Kier molecular flexibility index (Phi) is 8.28. The van der Waals surface area contributed by atoms with E-state index in [2.05, 4.69) is 79.7 Å². The van der Waals surface area contributed by atoms with Crippen LogP contribution >= 0.6 is 19.2 Å². The zero-order valence-electron chi connectivity index (χ0n) is 28.6. The van der Waals surface area contributed by atoms with Crippen molar-refractivity contribution in [1.29, 1.82) is 0 Å². The molecule has 2 aliphatic rings. The molecular weight excluding hydrogens is 603 g/mol. The number of benzene rings is 3. The van der Waals surface area contributed by atoms with E-state index in [1.54, 1.807) is 11.8 Å². The zero-order chi connectivity index (χ0) is 33.1. The fourth-order valence-corrected chi connectivity index (χ4v) is 10.6. The molecule has 0 saturated heterocycles. The number of amides is 1. The molecule has 45 heavy (non-hydrogen) atoms. The first-order valence-electron chi connectivity index (χ1n) is 15.6. The molecule has 2 heterocycles. The summed E-state index contributed by atoms with van der Waals surface area (Å²) < 4.78 is 29.5. The summed E-state index contributed by atoms with van der Waals surface area (Å²) in [6.07, 6.45) is -0.342. The molecule has 7 nitrogen and oxygen atoms in total. The van der Waals surface area contributed by atoms with Crippen molar-refractivity contribution in [3.63, 3.8) is 0 Å². The van der Waals surface area contributed by atoms with Crippen LogP contribution in [0.1, 0.15) is 91.5 Å². The van der Waals surface area contributed by atoms with Crippen LogP contribution in [0, 0.1) is 19.8 Å². The Morgan fingerprint density at radius 3 is 1.71 bits per heavy atom. The van der Waals surface area contributed by atoms with Gasteiger partial charge in [0.15, 0.2) is 0 Å². The summed E-state index contributed by atoms with van der Waals surface area (Å²) in [5, 5.41) is 5.33. The van der Waals surface area contributed by atoms with Gasteiger partial charge in [0.05, 0.1) is 0 Å². The summed E-state index contributed by atoms with van der Waals surface area (Å²) in [6.45, 7) is 24.6. The van der Waals surface area contributed by atoms with E-state index in [-0.39, 0.29) is 28.9 Å². The third kappa shape index (κ3) is 5.81. The number of fused-ring (bicyclic) bond motifs is 2. The molecule has 0 saturated carbocycles. The van der Waals surface area contributed by atoms with Gasteiger partial charge in [-0.15, -0.1) is 0 Å². The van der Waals surface area contributed by atoms with Gasteiger partial charge in [-0.1, -0.05) is 0 Å². The van der Waals surface area contributed by atoms with Crippen LogP contribution in [0.15, 0.2) is 69.5 Å². The summed E-state index contributed by atoms with van der Waals surface area (Å²) in [5.41, 5.74) is 3.51. The van der Waals surface area contributed by atoms with Crippen LogP contribution < -0.4 is 14.4 Å². The van der Waals surface area contributed by atoms with E-state index in [1.807, 2.05) is 58.0 Å². The third-order valence-electron chi connectivity index (χ3n) is 7.70. The number of carbonyl (C=O) groups is 1. The standard InChI is InChI=1S/C36H47N2O5PS/c1-22(2)33(39)38-37-34(40-23(3)4)43-44(38,26-16-14-13-15-17-26)41-31-27(35(7,8)9)18-24(5)20-29(31)45-30-21-25(6)19-28(32(30)42-44)36(10,11)12/h13-23H,1-12H3. The summed E-state index contributed by atoms with van der Waals surface area (Å²) >= 11 is 1.61. The van der Waals surface area contributed by atoms with E-state index in [4.69, 9.17) is 23.4 Å². The fraction of sp³-hybridized carbons (Fsp3) is 0.444. The van der Waals surface area contributed by atoms with Gasteiger partial charge < -0.3 is 0 Å². The van der Waals surface area contributed by atoms with Gasteiger partial charge in [0.25, 0.3) is 0 Å². The minimum absolute atomic E-state index is 0.0642. The molecule has 5 rings (SSSR count). The maximum atomic E-state index is 14.5. The van der Waals surface area contributed by atoms with Crippen molar-refractivity contribution in [2.24, 2.45) is 11.0 Å². The number of hydrogen-bond acceptors (Lipinski definition) is 7. The third-order valence-corrected chi connectivity index (χ3v) is 12.3. The molecule has 0 bridgehead atoms. The van der Waals surface area contributed by atoms with Crippen molar-refractivity contribution in [3.8, 4) is 11.5 Å². The first kappa shape index (κ1) is 33.2. The summed E-state index contributed by atoms with van der Waals surface area (Å²) in [5.74, 6) is 0.451. The Morgan fingerprint density at radius 2 is 1.29 bits per heavy atom. The topological polar surface area (TPSA) is 69.6 Å². The fourth-order valence-electron chi connectivity index (χ4n) is 5.50. The first-order chi connectivity index (χ1) is 20.8. The van der Waals surface area contributed by atoms with Crippen molar-refractivity contribution in [2.45, 2.75) is 110 Å². The van der Waals surface area contributed by atoms with Gasteiger partial charge in [0, 0.05) is 0 Å². The van der Waals surface area contributed by atoms with E-state index >= 15 is 0 Å². The van der Waals surface area contributed by atoms with E-state index in [0.717, 1.165) is 32.0 Å². The molecule has 1 amide bonds. The Balaban J connectivity index is 2.02. The monoisotopic (exact) mass is 650 g/mol. The molecule has 3 aromatic rings. The summed E-state index contributed by atoms with van der Waals surface area (Å²) in [6, 6.07) is 18.1. The molecule has 0 N–H and O–H groups in total. The molecule has 9 heteroatoms. The molecular formula is C36H47N2O5PS. The molecule has 2 aliphatic heterocycles. The Hall–Kier alpha value is -3.22. The van der Waals surface area contributed by atoms with Gasteiger partial charge in [-0.05, 0) is 0 Å². The predicted molar refractivity (Wildman–Crippen MR) is 185 cm³/mol. The Morgan fingerprint density at radius 1 is 0.800 bits per heavy atom. The number of aryl methyl sites for hydroxylation is 2. The number of hydrazone groups is 1. The van der Waals surface area contributed by atoms with Crippen LogP contribution in [0.25, 0.3) is 0 Å². The van der Waals surface area contributed by atoms with Gasteiger partial charge >= 0.3 is 274 Å². The second-order valence-electron chi connectivity index (χ2n) is 14.6. The summed E-state index contributed by atoms with van der Waals surface area (Å²) in [4.78, 5) is 16.3. The van der Waals surface area contributed by atoms with Crippen LogP contribution in [-0.2, 0) is 24.9 Å². The Bertz CT molecular complexity index is 1600. The Labute approximate surface area is 272 Å². The predicted octanol–water partition coefficient (Wildman–Crippen LogP) is 9.57. The SMILES string of the molecule is Cc1cc2c(c(C(C)(C)C)c1)OP1(c3ccccc3)(OC(OC(C)C)=NN1C(=O)C(C)C)Oc1c(cc(C)cc1C(C)(C)C)S2. The van der Waals surface area contributed by atoms with E-state index in [9.17, 15) is 4.79 Å². The average Bonchev–Trinajstić information content (AvgIpc) is 3.23. The number of rotatable bonds is 3. The van der Waals surface area contributed by atoms with Gasteiger partial charge in [-0.3, -0.25) is 0 Å². The normalized spacial score (nSPS) is 18.0. The molecule has 0 aliphatic carbocycles. The van der Waals surface area contributed by atoms with Gasteiger partial charge in [-0.25, -0.2) is 0 Å². The number of ether oxygens (including phenoxy) is 1. The molecule has 0 aromatic heterocycles. The maximum absolute atomic E-state index is 14.5. The number of carbonyl (C=O) groups excluding carboxylic acids is 1. The van der Waals surface area contributed by atoms with Crippen molar-refractivity contribution in [3.05, 3.63) is 76.9 Å². The second-order valence-corrected chi connectivity index (χ2v) is 18.9.